The second-order valence-electron chi connectivity index (χ2n) is 4.93. The van der Waals surface area contributed by atoms with Gasteiger partial charge in [-0.3, -0.25) is 4.79 Å². The Morgan fingerprint density at radius 3 is 2.73 bits per heavy atom. The molecule has 1 aliphatic heterocycles. The Kier molecular flexibility index (Phi) is 4.54. The molecular weight excluding hydrogens is 190 g/mol. The number of nitrogens with zero attached hydrogens (tertiary/aromatic N) is 1. The van der Waals surface area contributed by atoms with E-state index in [9.17, 15) is 4.79 Å². The van der Waals surface area contributed by atoms with Crippen LogP contribution < -0.4 is 11.1 Å². The summed E-state index contributed by atoms with van der Waals surface area (Å²) in [7, 11) is 2.11. The molecule has 3 N–H and O–H groups in total. The number of carbonyl (C=O) groups excluding carboxylic acids is 1. The van der Waals surface area contributed by atoms with E-state index < -0.39 is 0 Å². The lowest BCUT2D eigenvalue weighted by molar-refractivity contribution is -0.123. The summed E-state index contributed by atoms with van der Waals surface area (Å²) in [4.78, 5) is 13.9. The number of amides is 1. The average Bonchev–Trinajstić information content (AvgIpc) is 2.59. The van der Waals surface area contributed by atoms with Gasteiger partial charge in [0.05, 0.1) is 6.04 Å². The van der Waals surface area contributed by atoms with Crippen LogP contribution in [0.5, 0.6) is 0 Å². The molecule has 0 aromatic carbocycles. The smallest absolute Gasteiger partial charge is 0.237 e. The monoisotopic (exact) mass is 213 g/mol. The first kappa shape index (κ1) is 12.5. The Balaban J connectivity index is 2.22. The van der Waals surface area contributed by atoms with E-state index in [1.54, 1.807) is 0 Å². The average molecular weight is 213 g/mol. The van der Waals surface area contributed by atoms with Gasteiger partial charge < -0.3 is 16.0 Å². The number of hydrogen-bond donors (Lipinski definition) is 2. The molecule has 0 aromatic heterocycles. The van der Waals surface area contributed by atoms with E-state index in [2.05, 4.69) is 17.3 Å². The second-order valence-corrected chi connectivity index (χ2v) is 4.93. The van der Waals surface area contributed by atoms with Crippen LogP contribution in [0.2, 0.25) is 0 Å². The Bertz CT molecular complexity index is 218. The van der Waals surface area contributed by atoms with Crippen LogP contribution in [-0.2, 0) is 4.79 Å². The number of nitrogens with one attached hydrogen (secondary N) is 1. The van der Waals surface area contributed by atoms with Gasteiger partial charge in [0.2, 0.25) is 5.91 Å². The summed E-state index contributed by atoms with van der Waals surface area (Å²) in [6, 6.07) is -0.371. The predicted octanol–water partition coefficient (Wildman–Crippen LogP) is 0.0376. The summed E-state index contributed by atoms with van der Waals surface area (Å²) in [5, 5.41) is 2.94. The molecule has 2 atom stereocenters. The van der Waals surface area contributed by atoms with Crippen molar-refractivity contribution in [1.29, 1.82) is 0 Å². The summed E-state index contributed by atoms with van der Waals surface area (Å²) in [5.41, 5.74) is 5.75. The zero-order valence-corrected chi connectivity index (χ0v) is 9.99. The molecule has 15 heavy (non-hydrogen) atoms. The Morgan fingerprint density at radius 1 is 1.60 bits per heavy atom. The van der Waals surface area contributed by atoms with Crippen molar-refractivity contribution in [2.24, 2.45) is 17.6 Å². The van der Waals surface area contributed by atoms with E-state index in [1.165, 1.54) is 6.42 Å². The van der Waals surface area contributed by atoms with Gasteiger partial charge in [0, 0.05) is 13.1 Å². The van der Waals surface area contributed by atoms with Crippen LogP contribution >= 0.6 is 0 Å². The molecule has 0 saturated carbocycles. The first-order chi connectivity index (χ1) is 7.00. The third kappa shape index (κ3) is 3.80. The zero-order valence-electron chi connectivity index (χ0n) is 9.99. The van der Waals surface area contributed by atoms with Gasteiger partial charge in [-0.2, -0.15) is 0 Å². The van der Waals surface area contributed by atoms with Crippen LogP contribution in [0.3, 0.4) is 0 Å². The van der Waals surface area contributed by atoms with Crippen LogP contribution in [-0.4, -0.2) is 43.5 Å². The van der Waals surface area contributed by atoms with E-state index in [4.69, 9.17) is 5.73 Å². The highest BCUT2D eigenvalue weighted by atomic mass is 16.2. The third-order valence-electron chi connectivity index (χ3n) is 3.07. The molecule has 0 aromatic rings. The first-order valence-corrected chi connectivity index (χ1v) is 5.72. The molecule has 1 amide bonds. The standard InChI is InChI=1S/C11H23N3O/c1-8(2)10(12)11(15)13-6-9-4-5-14(3)7-9/h8-10H,4-7,12H2,1-3H3,(H,13,15)/t9-,10-/m0/s1. The summed E-state index contributed by atoms with van der Waals surface area (Å²) in [6.45, 7) is 6.92. The molecule has 0 bridgehead atoms. The van der Waals surface area contributed by atoms with Crippen LogP contribution in [0.25, 0.3) is 0 Å². The minimum Gasteiger partial charge on any atom is -0.354 e. The van der Waals surface area contributed by atoms with Crippen molar-refractivity contribution in [1.82, 2.24) is 10.2 Å². The van der Waals surface area contributed by atoms with Gasteiger partial charge in [-0.15, -0.1) is 0 Å². The molecular formula is C11H23N3O. The van der Waals surface area contributed by atoms with Crippen LogP contribution in [0.1, 0.15) is 20.3 Å². The van der Waals surface area contributed by atoms with Crippen molar-refractivity contribution >= 4 is 5.91 Å². The van der Waals surface area contributed by atoms with Gasteiger partial charge in [0.15, 0.2) is 0 Å². The van der Waals surface area contributed by atoms with Crippen molar-refractivity contribution in [3.05, 3.63) is 0 Å². The Labute approximate surface area is 92.2 Å². The number of rotatable bonds is 4. The third-order valence-corrected chi connectivity index (χ3v) is 3.07. The number of nitrogens with two attached hydrogens (primary N) is 1. The first-order valence-electron chi connectivity index (χ1n) is 5.72. The largest absolute Gasteiger partial charge is 0.354 e. The summed E-state index contributed by atoms with van der Waals surface area (Å²) < 4.78 is 0. The maximum atomic E-state index is 11.6. The van der Waals surface area contributed by atoms with E-state index >= 15 is 0 Å². The molecule has 1 rings (SSSR count). The van der Waals surface area contributed by atoms with Gasteiger partial charge in [0.25, 0.3) is 0 Å². The quantitative estimate of drug-likeness (QED) is 0.693. The lowest BCUT2D eigenvalue weighted by atomic mass is 10.0. The topological polar surface area (TPSA) is 58.4 Å². The van der Waals surface area contributed by atoms with Gasteiger partial charge in [-0.05, 0) is 31.8 Å². The summed E-state index contributed by atoms with van der Waals surface area (Å²) in [6.07, 6.45) is 1.17. The molecule has 0 spiro atoms. The van der Waals surface area contributed by atoms with Crippen molar-refractivity contribution in [2.75, 3.05) is 26.7 Å². The minimum absolute atomic E-state index is 0.0143. The van der Waals surface area contributed by atoms with Crippen molar-refractivity contribution in [3.63, 3.8) is 0 Å². The van der Waals surface area contributed by atoms with Gasteiger partial charge >= 0.3 is 0 Å². The summed E-state index contributed by atoms with van der Waals surface area (Å²) in [5.74, 6) is 0.786. The molecule has 0 radical (unpaired) electrons. The lowest BCUT2D eigenvalue weighted by Gasteiger charge is -2.17. The fourth-order valence-electron chi connectivity index (χ4n) is 1.86. The van der Waals surface area contributed by atoms with Crippen molar-refractivity contribution < 1.29 is 4.79 Å². The van der Waals surface area contributed by atoms with Gasteiger partial charge in [0.1, 0.15) is 0 Å². The normalized spacial score (nSPS) is 24.5. The second kappa shape index (κ2) is 5.47. The highest BCUT2D eigenvalue weighted by molar-refractivity contribution is 5.81. The lowest BCUT2D eigenvalue weighted by Crippen LogP contribution is -2.45. The molecule has 1 aliphatic rings. The molecule has 88 valence electrons. The van der Waals surface area contributed by atoms with Crippen LogP contribution in [0, 0.1) is 11.8 Å². The van der Waals surface area contributed by atoms with Crippen molar-refractivity contribution in [3.8, 4) is 0 Å². The number of carbonyl (C=O) groups is 1. The van der Waals surface area contributed by atoms with E-state index in [0.29, 0.717) is 5.92 Å². The molecule has 4 nitrogen and oxygen atoms in total. The summed E-state index contributed by atoms with van der Waals surface area (Å²) >= 11 is 0. The van der Waals surface area contributed by atoms with E-state index in [1.807, 2.05) is 13.8 Å². The maximum absolute atomic E-state index is 11.6. The van der Waals surface area contributed by atoms with Crippen LogP contribution in [0.15, 0.2) is 0 Å². The zero-order chi connectivity index (χ0) is 11.4. The SMILES string of the molecule is CC(C)[C@H](N)C(=O)NC[C@@H]1CCN(C)C1. The Hall–Kier alpha value is -0.610. The number of likely N-dealkylation sites (tertiary alicyclic amines) is 1. The predicted molar refractivity (Wildman–Crippen MR) is 61.4 cm³/mol. The molecule has 1 fully saturated rings. The fraction of sp³-hybridized carbons (Fsp3) is 0.909. The van der Waals surface area contributed by atoms with E-state index in [0.717, 1.165) is 19.6 Å². The molecule has 0 unspecified atom stereocenters. The maximum Gasteiger partial charge on any atom is 0.237 e. The number of hydrogen-bond acceptors (Lipinski definition) is 3. The molecule has 1 heterocycles. The van der Waals surface area contributed by atoms with Crippen molar-refractivity contribution in [2.45, 2.75) is 26.3 Å². The molecule has 4 heteroatoms. The van der Waals surface area contributed by atoms with Gasteiger partial charge in [-0.1, -0.05) is 13.8 Å². The van der Waals surface area contributed by atoms with E-state index in [-0.39, 0.29) is 17.9 Å². The van der Waals surface area contributed by atoms with Crippen LogP contribution in [0.4, 0.5) is 0 Å². The Morgan fingerprint density at radius 2 is 2.27 bits per heavy atom. The molecule has 0 aliphatic carbocycles. The highest BCUT2D eigenvalue weighted by Gasteiger charge is 2.22. The van der Waals surface area contributed by atoms with Gasteiger partial charge in [-0.25, -0.2) is 0 Å². The fourth-order valence-corrected chi connectivity index (χ4v) is 1.86. The minimum atomic E-state index is -0.371. The highest BCUT2D eigenvalue weighted by Crippen LogP contribution is 2.12. The molecule has 1 saturated heterocycles.